The smallest absolute Gasteiger partial charge is 0.00952 e. The summed E-state index contributed by atoms with van der Waals surface area (Å²) in [5.41, 5.74) is 0.771. The molecule has 3 aliphatic rings. The molecular weight excluding hydrogens is 220 g/mol. The SMILES string of the molecule is CCN(CC1CC12CCNCC2)C1CCCCC1. The van der Waals surface area contributed by atoms with Crippen LogP contribution in [0.3, 0.4) is 0 Å². The lowest BCUT2D eigenvalue weighted by atomic mass is 9.90. The van der Waals surface area contributed by atoms with Crippen molar-refractivity contribution in [3.05, 3.63) is 0 Å². The molecule has 1 N–H and O–H groups in total. The molecule has 0 aromatic carbocycles. The van der Waals surface area contributed by atoms with Crippen LogP contribution in [0.15, 0.2) is 0 Å². The Labute approximate surface area is 113 Å². The van der Waals surface area contributed by atoms with E-state index in [0.29, 0.717) is 0 Å². The third-order valence-electron chi connectivity index (χ3n) is 5.91. The fraction of sp³-hybridized carbons (Fsp3) is 1.00. The lowest BCUT2D eigenvalue weighted by Crippen LogP contribution is -2.39. The molecular formula is C16H30N2. The van der Waals surface area contributed by atoms with Crippen LogP contribution in [0.5, 0.6) is 0 Å². The molecule has 3 rings (SSSR count). The predicted molar refractivity (Wildman–Crippen MR) is 76.8 cm³/mol. The Morgan fingerprint density at radius 3 is 2.50 bits per heavy atom. The van der Waals surface area contributed by atoms with E-state index in [9.17, 15) is 0 Å². The maximum atomic E-state index is 3.52. The highest BCUT2D eigenvalue weighted by atomic mass is 15.2. The van der Waals surface area contributed by atoms with Crippen LogP contribution in [0.4, 0.5) is 0 Å². The van der Waals surface area contributed by atoms with Gasteiger partial charge in [-0.15, -0.1) is 0 Å². The first-order chi connectivity index (χ1) is 8.84. The Bertz CT molecular complexity index is 264. The van der Waals surface area contributed by atoms with Crippen molar-refractivity contribution in [1.82, 2.24) is 10.2 Å². The van der Waals surface area contributed by atoms with Gasteiger partial charge in [0.25, 0.3) is 0 Å². The lowest BCUT2D eigenvalue weighted by molar-refractivity contribution is 0.145. The molecule has 18 heavy (non-hydrogen) atoms. The number of piperidine rings is 1. The summed E-state index contributed by atoms with van der Waals surface area (Å²) < 4.78 is 0. The summed E-state index contributed by atoms with van der Waals surface area (Å²) in [5, 5.41) is 3.52. The topological polar surface area (TPSA) is 15.3 Å². The van der Waals surface area contributed by atoms with Crippen LogP contribution in [0.1, 0.15) is 58.3 Å². The number of nitrogens with one attached hydrogen (secondary N) is 1. The zero-order valence-electron chi connectivity index (χ0n) is 12.1. The van der Waals surface area contributed by atoms with Gasteiger partial charge in [-0.05, 0) is 63.1 Å². The Hall–Kier alpha value is -0.0800. The van der Waals surface area contributed by atoms with Gasteiger partial charge in [0.1, 0.15) is 0 Å². The molecule has 2 heteroatoms. The van der Waals surface area contributed by atoms with Crippen molar-refractivity contribution >= 4 is 0 Å². The second-order valence-electron chi connectivity index (χ2n) is 6.89. The third kappa shape index (κ3) is 2.60. The molecule has 104 valence electrons. The van der Waals surface area contributed by atoms with E-state index in [1.54, 1.807) is 0 Å². The summed E-state index contributed by atoms with van der Waals surface area (Å²) >= 11 is 0. The van der Waals surface area contributed by atoms with Crippen molar-refractivity contribution in [2.24, 2.45) is 11.3 Å². The normalized spacial score (nSPS) is 32.0. The van der Waals surface area contributed by atoms with E-state index in [1.165, 1.54) is 77.5 Å². The quantitative estimate of drug-likeness (QED) is 0.825. The zero-order chi connectivity index (χ0) is 12.4. The van der Waals surface area contributed by atoms with Gasteiger partial charge in [0.15, 0.2) is 0 Å². The van der Waals surface area contributed by atoms with Gasteiger partial charge in [0.2, 0.25) is 0 Å². The van der Waals surface area contributed by atoms with Gasteiger partial charge in [-0.2, -0.15) is 0 Å². The van der Waals surface area contributed by atoms with Crippen LogP contribution in [-0.4, -0.2) is 37.1 Å². The van der Waals surface area contributed by atoms with E-state index in [0.717, 1.165) is 17.4 Å². The van der Waals surface area contributed by atoms with Crippen LogP contribution in [0, 0.1) is 11.3 Å². The van der Waals surface area contributed by atoms with Crippen LogP contribution in [0.25, 0.3) is 0 Å². The maximum absolute atomic E-state index is 3.52. The molecule has 2 nitrogen and oxygen atoms in total. The van der Waals surface area contributed by atoms with Crippen LogP contribution < -0.4 is 5.32 Å². The average Bonchev–Trinajstić information content (AvgIpc) is 3.09. The minimum atomic E-state index is 0.771. The molecule has 0 aromatic rings. The highest BCUT2D eigenvalue weighted by molar-refractivity contribution is 5.05. The number of nitrogens with zero attached hydrogens (tertiary/aromatic N) is 1. The van der Waals surface area contributed by atoms with Crippen molar-refractivity contribution in [3.63, 3.8) is 0 Å². The highest BCUT2D eigenvalue weighted by Gasteiger charge is 2.54. The summed E-state index contributed by atoms with van der Waals surface area (Å²) in [5.74, 6) is 1.03. The van der Waals surface area contributed by atoms with E-state index in [-0.39, 0.29) is 0 Å². The largest absolute Gasteiger partial charge is 0.317 e. The van der Waals surface area contributed by atoms with E-state index in [4.69, 9.17) is 0 Å². The first-order valence-corrected chi connectivity index (χ1v) is 8.29. The van der Waals surface area contributed by atoms with Crippen LogP contribution in [0.2, 0.25) is 0 Å². The third-order valence-corrected chi connectivity index (χ3v) is 5.91. The average molecular weight is 250 g/mol. The van der Waals surface area contributed by atoms with E-state index in [2.05, 4.69) is 17.1 Å². The standard InChI is InChI=1S/C16H30N2/c1-2-18(15-6-4-3-5-7-15)13-14-12-16(14)8-10-17-11-9-16/h14-15,17H,2-13H2,1H3. The molecule has 1 heterocycles. The predicted octanol–water partition coefficient (Wildman–Crippen LogP) is 3.03. The van der Waals surface area contributed by atoms with Gasteiger partial charge < -0.3 is 10.2 Å². The summed E-state index contributed by atoms with van der Waals surface area (Å²) in [7, 11) is 0. The molecule has 0 radical (unpaired) electrons. The van der Waals surface area contributed by atoms with E-state index < -0.39 is 0 Å². The van der Waals surface area contributed by atoms with Crippen molar-refractivity contribution in [2.45, 2.75) is 64.3 Å². The first kappa shape index (κ1) is 12.9. The Morgan fingerprint density at radius 1 is 1.11 bits per heavy atom. The van der Waals surface area contributed by atoms with Crippen molar-refractivity contribution < 1.29 is 0 Å². The zero-order valence-corrected chi connectivity index (χ0v) is 12.1. The molecule has 1 unspecified atom stereocenters. The molecule has 0 bridgehead atoms. The van der Waals surface area contributed by atoms with Crippen LogP contribution >= 0.6 is 0 Å². The second-order valence-corrected chi connectivity index (χ2v) is 6.89. The van der Waals surface area contributed by atoms with Gasteiger partial charge in [0.05, 0.1) is 0 Å². The molecule has 1 aliphatic heterocycles. The Balaban J connectivity index is 1.51. The van der Waals surface area contributed by atoms with E-state index in [1.807, 2.05) is 0 Å². The summed E-state index contributed by atoms with van der Waals surface area (Å²) in [6.07, 6.45) is 11.8. The van der Waals surface area contributed by atoms with Crippen molar-refractivity contribution in [3.8, 4) is 0 Å². The molecule has 2 aliphatic carbocycles. The molecule has 2 saturated carbocycles. The minimum Gasteiger partial charge on any atom is -0.317 e. The van der Waals surface area contributed by atoms with Gasteiger partial charge >= 0.3 is 0 Å². The fourth-order valence-electron chi connectivity index (χ4n) is 4.49. The van der Waals surface area contributed by atoms with E-state index >= 15 is 0 Å². The molecule has 1 saturated heterocycles. The summed E-state index contributed by atoms with van der Waals surface area (Å²) in [6, 6.07) is 0.920. The number of rotatable bonds is 4. The van der Waals surface area contributed by atoms with Gasteiger partial charge in [0, 0.05) is 12.6 Å². The molecule has 1 spiro atoms. The Morgan fingerprint density at radius 2 is 1.83 bits per heavy atom. The van der Waals surface area contributed by atoms with Gasteiger partial charge in [-0.3, -0.25) is 0 Å². The summed E-state index contributed by atoms with van der Waals surface area (Å²) in [6.45, 7) is 7.58. The fourth-order valence-corrected chi connectivity index (χ4v) is 4.49. The van der Waals surface area contributed by atoms with Crippen molar-refractivity contribution in [2.75, 3.05) is 26.2 Å². The molecule has 1 atom stereocenters. The maximum Gasteiger partial charge on any atom is 0.00952 e. The lowest BCUT2D eigenvalue weighted by Gasteiger charge is -2.34. The Kier molecular flexibility index (Phi) is 3.95. The molecule has 0 amide bonds. The molecule has 0 aromatic heterocycles. The molecule has 3 fully saturated rings. The van der Waals surface area contributed by atoms with Gasteiger partial charge in [-0.25, -0.2) is 0 Å². The number of hydrogen-bond donors (Lipinski definition) is 1. The summed E-state index contributed by atoms with van der Waals surface area (Å²) in [4.78, 5) is 2.82. The first-order valence-electron chi connectivity index (χ1n) is 8.29. The highest BCUT2D eigenvalue weighted by Crippen LogP contribution is 2.58. The second kappa shape index (κ2) is 5.50. The minimum absolute atomic E-state index is 0.771. The monoisotopic (exact) mass is 250 g/mol. The van der Waals surface area contributed by atoms with Crippen LogP contribution in [-0.2, 0) is 0 Å². The van der Waals surface area contributed by atoms with Crippen molar-refractivity contribution in [1.29, 1.82) is 0 Å². The van der Waals surface area contributed by atoms with Gasteiger partial charge in [-0.1, -0.05) is 26.2 Å². The number of hydrogen-bond acceptors (Lipinski definition) is 2.